The number of nitrogens with one attached hydrogen (secondary N) is 2. The highest BCUT2D eigenvalue weighted by Crippen LogP contribution is 2.29. The molecule has 0 spiro atoms. The maximum absolute atomic E-state index is 12.6. The molecule has 1 aromatic carbocycles. The summed E-state index contributed by atoms with van der Waals surface area (Å²) >= 11 is 0. The lowest BCUT2D eigenvalue weighted by Crippen LogP contribution is -2.21. The molecule has 0 saturated heterocycles. The van der Waals surface area contributed by atoms with Crippen molar-refractivity contribution in [2.24, 2.45) is 0 Å². The number of aromatic amines is 1. The molecular weight excluding hydrogens is 297 g/mol. The molecule has 0 radical (unpaired) electrons. The summed E-state index contributed by atoms with van der Waals surface area (Å²) in [5.74, 6) is -0.520. The van der Waals surface area contributed by atoms with Gasteiger partial charge >= 0.3 is 6.18 Å². The van der Waals surface area contributed by atoms with Crippen molar-refractivity contribution in [1.29, 1.82) is 0 Å². The molecular formula is C15H13F3N2O2. The maximum atomic E-state index is 12.6. The Morgan fingerprint density at radius 3 is 2.50 bits per heavy atom. The monoisotopic (exact) mass is 310 g/mol. The van der Waals surface area contributed by atoms with E-state index in [1.807, 2.05) is 35.3 Å². The molecule has 0 saturated carbocycles. The van der Waals surface area contributed by atoms with Crippen LogP contribution in [0, 0.1) is 0 Å². The van der Waals surface area contributed by atoms with Crippen molar-refractivity contribution in [2.75, 3.05) is 5.32 Å². The highest BCUT2D eigenvalue weighted by Gasteiger charge is 2.31. The molecule has 0 unspecified atom stereocenters. The minimum absolute atomic E-state index is 0.0691. The van der Waals surface area contributed by atoms with Crippen molar-refractivity contribution >= 4 is 11.6 Å². The molecule has 4 nitrogen and oxygen atoms in total. The van der Waals surface area contributed by atoms with Crippen LogP contribution in [0.3, 0.4) is 0 Å². The number of aryl methyl sites for hydroxylation is 1. The van der Waals surface area contributed by atoms with Crippen molar-refractivity contribution < 1.29 is 18.0 Å². The third-order valence-electron chi connectivity index (χ3n) is 2.99. The van der Waals surface area contributed by atoms with Gasteiger partial charge in [-0.3, -0.25) is 9.59 Å². The van der Waals surface area contributed by atoms with E-state index in [9.17, 15) is 22.8 Å². The normalized spacial score (nSPS) is 11.2. The number of aromatic nitrogens is 1. The van der Waals surface area contributed by atoms with Crippen LogP contribution in [0.2, 0.25) is 0 Å². The van der Waals surface area contributed by atoms with E-state index in [2.05, 4.69) is 5.32 Å². The molecule has 0 aliphatic rings. The zero-order valence-electron chi connectivity index (χ0n) is 11.4. The average Bonchev–Trinajstić information content (AvgIpc) is 2.47. The van der Waals surface area contributed by atoms with Gasteiger partial charge in [0, 0.05) is 12.6 Å². The summed E-state index contributed by atoms with van der Waals surface area (Å²) in [6, 6.07) is 9.79. The van der Waals surface area contributed by atoms with Crippen LogP contribution in [0.15, 0.2) is 47.4 Å². The van der Waals surface area contributed by atoms with Gasteiger partial charge in [0.15, 0.2) is 0 Å². The first-order valence-electron chi connectivity index (χ1n) is 6.50. The molecule has 1 aromatic heterocycles. The zero-order valence-corrected chi connectivity index (χ0v) is 11.4. The Labute approximate surface area is 124 Å². The third kappa shape index (κ3) is 4.21. The van der Waals surface area contributed by atoms with Gasteiger partial charge in [-0.15, -0.1) is 0 Å². The summed E-state index contributed by atoms with van der Waals surface area (Å²) in [5, 5.41) is 2.21. The summed E-state index contributed by atoms with van der Waals surface area (Å²) in [6.07, 6.45) is -3.51. The number of halogens is 3. The SMILES string of the molecule is O=C(CCc1ccccc1)Nc1cc(C(F)(F)F)c[nH]c1=O. The predicted molar refractivity (Wildman–Crippen MR) is 75.5 cm³/mol. The summed E-state index contributed by atoms with van der Waals surface area (Å²) in [6.45, 7) is 0. The summed E-state index contributed by atoms with van der Waals surface area (Å²) in [5.41, 5.74) is -1.28. The molecule has 2 aromatic rings. The van der Waals surface area contributed by atoms with Crippen LogP contribution in [-0.4, -0.2) is 10.9 Å². The predicted octanol–water partition coefficient (Wildman–Crippen LogP) is 2.97. The van der Waals surface area contributed by atoms with Crippen molar-refractivity contribution in [3.63, 3.8) is 0 Å². The first kappa shape index (κ1) is 15.8. The number of rotatable bonds is 4. The van der Waals surface area contributed by atoms with Gasteiger partial charge in [0.2, 0.25) is 5.91 Å². The lowest BCUT2D eigenvalue weighted by molar-refractivity contribution is -0.137. The molecule has 2 N–H and O–H groups in total. The fourth-order valence-electron chi connectivity index (χ4n) is 1.86. The highest BCUT2D eigenvalue weighted by molar-refractivity contribution is 5.90. The van der Waals surface area contributed by atoms with Crippen LogP contribution in [-0.2, 0) is 17.4 Å². The van der Waals surface area contributed by atoms with E-state index in [-0.39, 0.29) is 6.42 Å². The molecule has 2 rings (SSSR count). The maximum Gasteiger partial charge on any atom is 0.417 e. The molecule has 0 fully saturated rings. The lowest BCUT2D eigenvalue weighted by atomic mass is 10.1. The van der Waals surface area contributed by atoms with Crippen molar-refractivity contribution in [3.8, 4) is 0 Å². The van der Waals surface area contributed by atoms with Gasteiger partial charge in [0.05, 0.1) is 5.56 Å². The molecule has 0 bridgehead atoms. The first-order valence-corrected chi connectivity index (χ1v) is 6.50. The van der Waals surface area contributed by atoms with E-state index in [4.69, 9.17) is 0 Å². The van der Waals surface area contributed by atoms with Gasteiger partial charge in [0.1, 0.15) is 5.69 Å². The number of benzene rings is 1. The number of alkyl halides is 3. The van der Waals surface area contributed by atoms with Gasteiger partial charge in [-0.2, -0.15) is 13.2 Å². The van der Waals surface area contributed by atoms with Crippen molar-refractivity contribution in [3.05, 3.63) is 64.1 Å². The second-order valence-corrected chi connectivity index (χ2v) is 4.66. The Kier molecular flexibility index (Phi) is 4.65. The number of H-pyrrole nitrogens is 1. The van der Waals surface area contributed by atoms with Crippen molar-refractivity contribution in [2.45, 2.75) is 19.0 Å². The van der Waals surface area contributed by atoms with Crippen LogP contribution < -0.4 is 10.9 Å². The van der Waals surface area contributed by atoms with E-state index in [0.29, 0.717) is 18.7 Å². The summed E-state index contributed by atoms with van der Waals surface area (Å²) in [7, 11) is 0. The van der Waals surface area contributed by atoms with Gasteiger partial charge in [-0.25, -0.2) is 0 Å². The Morgan fingerprint density at radius 1 is 1.18 bits per heavy atom. The fourth-order valence-corrected chi connectivity index (χ4v) is 1.86. The largest absolute Gasteiger partial charge is 0.417 e. The number of carbonyl (C=O) groups is 1. The minimum atomic E-state index is -4.59. The topological polar surface area (TPSA) is 62.0 Å². The quantitative estimate of drug-likeness (QED) is 0.912. The smallest absolute Gasteiger partial charge is 0.327 e. The molecule has 22 heavy (non-hydrogen) atoms. The molecule has 116 valence electrons. The second kappa shape index (κ2) is 6.46. The average molecular weight is 310 g/mol. The second-order valence-electron chi connectivity index (χ2n) is 4.66. The fraction of sp³-hybridized carbons (Fsp3) is 0.200. The number of anilines is 1. The molecule has 0 aliphatic heterocycles. The Morgan fingerprint density at radius 2 is 1.86 bits per heavy atom. The van der Waals surface area contributed by atoms with E-state index in [1.165, 1.54) is 0 Å². The number of hydrogen-bond donors (Lipinski definition) is 2. The van der Waals surface area contributed by atoms with E-state index < -0.39 is 28.9 Å². The van der Waals surface area contributed by atoms with Crippen molar-refractivity contribution in [1.82, 2.24) is 4.98 Å². The first-order chi connectivity index (χ1) is 10.4. The molecule has 1 amide bonds. The highest BCUT2D eigenvalue weighted by atomic mass is 19.4. The number of hydrogen-bond acceptors (Lipinski definition) is 2. The van der Waals surface area contributed by atoms with Gasteiger partial charge in [-0.1, -0.05) is 30.3 Å². The zero-order chi connectivity index (χ0) is 16.2. The van der Waals surface area contributed by atoms with Gasteiger partial charge in [0.25, 0.3) is 5.56 Å². The third-order valence-corrected chi connectivity index (χ3v) is 2.99. The van der Waals surface area contributed by atoms with Crippen LogP contribution in [0.25, 0.3) is 0 Å². The Balaban J connectivity index is 2.04. The van der Waals surface area contributed by atoms with Gasteiger partial charge in [-0.05, 0) is 18.1 Å². The standard InChI is InChI=1S/C15H13F3N2O2/c16-15(17,18)11-8-12(14(22)19-9-11)20-13(21)7-6-10-4-2-1-3-5-10/h1-5,8-9H,6-7H2,(H,19,22)(H,20,21). The van der Waals surface area contributed by atoms with E-state index >= 15 is 0 Å². The van der Waals surface area contributed by atoms with Crippen LogP contribution in [0.5, 0.6) is 0 Å². The van der Waals surface area contributed by atoms with Crippen LogP contribution >= 0.6 is 0 Å². The number of carbonyl (C=O) groups excluding carboxylic acids is 1. The lowest BCUT2D eigenvalue weighted by Gasteiger charge is -2.09. The molecule has 0 aliphatic carbocycles. The Bertz CT molecular complexity index is 709. The molecule has 7 heteroatoms. The number of amides is 1. The van der Waals surface area contributed by atoms with Crippen LogP contribution in [0.4, 0.5) is 18.9 Å². The van der Waals surface area contributed by atoms with Gasteiger partial charge < -0.3 is 10.3 Å². The molecule has 1 heterocycles. The van der Waals surface area contributed by atoms with Crippen LogP contribution in [0.1, 0.15) is 17.5 Å². The minimum Gasteiger partial charge on any atom is -0.327 e. The summed E-state index contributed by atoms with van der Waals surface area (Å²) < 4.78 is 37.7. The molecule has 0 atom stereocenters. The van der Waals surface area contributed by atoms with E-state index in [1.54, 1.807) is 0 Å². The Hall–Kier alpha value is -2.57. The number of pyridine rings is 1. The van der Waals surface area contributed by atoms with E-state index in [0.717, 1.165) is 5.56 Å². The summed E-state index contributed by atoms with van der Waals surface area (Å²) in [4.78, 5) is 25.2.